The molecule has 0 fully saturated rings. The van der Waals surface area contributed by atoms with Crippen molar-refractivity contribution >= 4 is 17.4 Å². The van der Waals surface area contributed by atoms with Crippen LogP contribution in [0.25, 0.3) is 0 Å². The highest BCUT2D eigenvalue weighted by Gasteiger charge is 2.08. The van der Waals surface area contributed by atoms with Crippen LogP contribution in [0.1, 0.15) is 18.3 Å². The molecule has 0 saturated carbocycles. The zero-order valence-electron chi connectivity index (χ0n) is 11.6. The number of aromatic nitrogens is 3. The molecule has 5 nitrogen and oxygen atoms in total. The Labute approximate surface area is 123 Å². The number of ether oxygens (including phenoxy) is 1. The monoisotopic (exact) mass is 292 g/mol. The lowest BCUT2D eigenvalue weighted by Gasteiger charge is -2.19. The molecule has 0 aliphatic heterocycles. The van der Waals surface area contributed by atoms with E-state index in [1.165, 1.54) is 0 Å². The summed E-state index contributed by atoms with van der Waals surface area (Å²) < 4.78 is 5.32. The minimum atomic E-state index is 0.368. The third-order valence-corrected chi connectivity index (χ3v) is 2.92. The highest BCUT2D eigenvalue weighted by atomic mass is 35.5. The van der Waals surface area contributed by atoms with Crippen LogP contribution in [0.5, 0.6) is 0 Å². The van der Waals surface area contributed by atoms with Gasteiger partial charge in [-0.15, -0.1) is 0 Å². The Hall–Kier alpha value is -1.72. The van der Waals surface area contributed by atoms with Gasteiger partial charge in [-0.25, -0.2) is 9.97 Å². The van der Waals surface area contributed by atoms with Crippen molar-refractivity contribution in [1.29, 1.82) is 0 Å². The zero-order chi connectivity index (χ0) is 14.4. The average molecular weight is 293 g/mol. The van der Waals surface area contributed by atoms with Crippen molar-refractivity contribution < 1.29 is 4.74 Å². The third-order valence-electron chi connectivity index (χ3n) is 2.72. The summed E-state index contributed by atoms with van der Waals surface area (Å²) in [7, 11) is 1.96. The van der Waals surface area contributed by atoms with Crippen LogP contribution >= 0.6 is 11.6 Å². The first-order valence-corrected chi connectivity index (χ1v) is 6.78. The van der Waals surface area contributed by atoms with Crippen molar-refractivity contribution in [2.75, 3.05) is 18.6 Å². The van der Waals surface area contributed by atoms with E-state index in [-0.39, 0.29) is 0 Å². The summed E-state index contributed by atoms with van der Waals surface area (Å²) in [6.45, 7) is 3.65. The van der Waals surface area contributed by atoms with Gasteiger partial charge in [0.2, 0.25) is 0 Å². The fraction of sp³-hybridized carbons (Fsp3) is 0.357. The molecular weight excluding hydrogens is 276 g/mol. The van der Waals surface area contributed by atoms with Gasteiger partial charge in [0.15, 0.2) is 5.82 Å². The quantitative estimate of drug-likeness (QED) is 0.766. The summed E-state index contributed by atoms with van der Waals surface area (Å²) in [5.74, 6) is 1.37. The Morgan fingerprint density at radius 3 is 2.70 bits per heavy atom. The Bertz CT molecular complexity index is 550. The summed E-state index contributed by atoms with van der Waals surface area (Å²) in [4.78, 5) is 14.6. The normalized spacial score (nSPS) is 10.6. The van der Waals surface area contributed by atoms with Crippen LogP contribution in [0.2, 0.25) is 5.15 Å². The van der Waals surface area contributed by atoms with Gasteiger partial charge in [-0.05, 0) is 24.6 Å². The van der Waals surface area contributed by atoms with E-state index in [2.05, 4.69) is 15.0 Å². The van der Waals surface area contributed by atoms with Gasteiger partial charge in [-0.1, -0.05) is 11.6 Å². The predicted molar refractivity (Wildman–Crippen MR) is 78.7 cm³/mol. The second-order valence-electron chi connectivity index (χ2n) is 4.31. The van der Waals surface area contributed by atoms with Gasteiger partial charge >= 0.3 is 0 Å². The molecule has 0 radical (unpaired) electrons. The molecule has 0 bridgehead atoms. The van der Waals surface area contributed by atoms with Crippen LogP contribution in [-0.2, 0) is 17.9 Å². The lowest BCUT2D eigenvalue weighted by atomic mass is 10.2. The molecule has 2 aromatic heterocycles. The molecular formula is C14H17ClN4O. The fourth-order valence-electron chi connectivity index (χ4n) is 1.75. The Kier molecular flexibility index (Phi) is 5.26. The molecule has 0 saturated heterocycles. The number of hydrogen-bond donors (Lipinski definition) is 0. The van der Waals surface area contributed by atoms with Gasteiger partial charge in [0.25, 0.3) is 0 Å². The van der Waals surface area contributed by atoms with Crippen LogP contribution in [0.3, 0.4) is 0 Å². The number of hydrogen-bond acceptors (Lipinski definition) is 5. The van der Waals surface area contributed by atoms with Gasteiger partial charge in [0, 0.05) is 38.7 Å². The highest BCUT2D eigenvalue weighted by molar-refractivity contribution is 6.29. The van der Waals surface area contributed by atoms with Crippen LogP contribution in [0.4, 0.5) is 5.82 Å². The van der Waals surface area contributed by atoms with Gasteiger partial charge in [0.1, 0.15) is 17.6 Å². The molecule has 2 rings (SSSR count). The lowest BCUT2D eigenvalue weighted by molar-refractivity contribution is 0.128. The smallest absolute Gasteiger partial charge is 0.158 e. The highest BCUT2D eigenvalue weighted by Crippen LogP contribution is 2.17. The van der Waals surface area contributed by atoms with Crippen molar-refractivity contribution in [2.24, 2.45) is 0 Å². The van der Waals surface area contributed by atoms with Crippen molar-refractivity contribution in [2.45, 2.75) is 20.1 Å². The van der Waals surface area contributed by atoms with Crippen LogP contribution in [-0.4, -0.2) is 28.6 Å². The molecule has 0 N–H and O–H groups in total. The topological polar surface area (TPSA) is 51.1 Å². The van der Waals surface area contributed by atoms with Crippen molar-refractivity contribution in [3.63, 3.8) is 0 Å². The molecule has 2 aromatic rings. The van der Waals surface area contributed by atoms with Crippen LogP contribution < -0.4 is 4.90 Å². The maximum Gasteiger partial charge on any atom is 0.158 e. The van der Waals surface area contributed by atoms with Gasteiger partial charge in [0.05, 0.1) is 0 Å². The van der Waals surface area contributed by atoms with Gasteiger partial charge < -0.3 is 9.64 Å². The first-order valence-electron chi connectivity index (χ1n) is 6.40. The number of pyridine rings is 1. The van der Waals surface area contributed by atoms with E-state index in [1.807, 2.05) is 31.0 Å². The van der Waals surface area contributed by atoms with E-state index in [0.717, 1.165) is 17.9 Å². The fourth-order valence-corrected chi connectivity index (χ4v) is 1.94. The third kappa shape index (κ3) is 4.15. The largest absolute Gasteiger partial charge is 0.374 e. The second-order valence-corrected chi connectivity index (χ2v) is 4.70. The molecule has 0 amide bonds. The standard InChI is InChI=1S/C14H17ClN4O/c1-3-20-10-13-17-12(15)8-14(18-13)19(2)9-11-4-6-16-7-5-11/h4-8H,3,9-10H2,1-2H3. The van der Waals surface area contributed by atoms with E-state index in [0.29, 0.717) is 24.2 Å². The summed E-state index contributed by atoms with van der Waals surface area (Å²) in [6.07, 6.45) is 3.55. The molecule has 0 aliphatic carbocycles. The molecule has 6 heteroatoms. The minimum Gasteiger partial charge on any atom is -0.374 e. The van der Waals surface area contributed by atoms with E-state index < -0.39 is 0 Å². The molecule has 0 atom stereocenters. The van der Waals surface area contributed by atoms with E-state index in [4.69, 9.17) is 16.3 Å². The number of nitrogens with zero attached hydrogens (tertiary/aromatic N) is 4. The molecule has 106 valence electrons. The van der Waals surface area contributed by atoms with Crippen molar-refractivity contribution in [3.05, 3.63) is 47.1 Å². The minimum absolute atomic E-state index is 0.368. The number of halogens is 1. The lowest BCUT2D eigenvalue weighted by Crippen LogP contribution is -2.18. The number of rotatable bonds is 6. The second kappa shape index (κ2) is 7.17. The molecule has 20 heavy (non-hydrogen) atoms. The van der Waals surface area contributed by atoms with E-state index in [9.17, 15) is 0 Å². The van der Waals surface area contributed by atoms with Crippen LogP contribution in [0, 0.1) is 0 Å². The summed E-state index contributed by atoms with van der Waals surface area (Å²) in [5.41, 5.74) is 1.16. The van der Waals surface area contributed by atoms with Crippen LogP contribution in [0.15, 0.2) is 30.6 Å². The SMILES string of the molecule is CCOCc1nc(Cl)cc(N(C)Cc2ccncc2)n1. The summed E-state index contributed by atoms with van der Waals surface area (Å²) >= 11 is 6.03. The Morgan fingerprint density at radius 1 is 1.25 bits per heavy atom. The molecule has 0 aromatic carbocycles. The first kappa shape index (κ1) is 14.7. The van der Waals surface area contributed by atoms with Gasteiger partial charge in [-0.2, -0.15) is 0 Å². The molecule has 0 unspecified atom stereocenters. The first-order chi connectivity index (χ1) is 9.69. The van der Waals surface area contributed by atoms with E-state index in [1.54, 1.807) is 18.5 Å². The maximum absolute atomic E-state index is 6.03. The zero-order valence-corrected chi connectivity index (χ0v) is 12.3. The Morgan fingerprint density at radius 2 is 2.00 bits per heavy atom. The Balaban J connectivity index is 2.12. The van der Waals surface area contributed by atoms with Gasteiger partial charge in [-0.3, -0.25) is 4.98 Å². The average Bonchev–Trinajstić information content (AvgIpc) is 2.45. The molecule has 2 heterocycles. The molecule has 0 spiro atoms. The summed E-state index contributed by atoms with van der Waals surface area (Å²) in [5, 5.41) is 0.422. The van der Waals surface area contributed by atoms with Crippen molar-refractivity contribution in [1.82, 2.24) is 15.0 Å². The van der Waals surface area contributed by atoms with E-state index >= 15 is 0 Å². The predicted octanol–water partition coefficient (Wildman–Crippen LogP) is 2.70. The number of anilines is 1. The summed E-state index contributed by atoms with van der Waals surface area (Å²) in [6, 6.07) is 5.69. The maximum atomic E-state index is 6.03. The van der Waals surface area contributed by atoms with Crippen molar-refractivity contribution in [3.8, 4) is 0 Å². The molecule has 0 aliphatic rings.